The molecule has 2 fully saturated rings. The summed E-state index contributed by atoms with van der Waals surface area (Å²) in [6.45, 7) is 7.67. The van der Waals surface area contributed by atoms with Gasteiger partial charge in [-0.25, -0.2) is 0 Å². The maximum atomic E-state index is 8.57. The van der Waals surface area contributed by atoms with Crippen LogP contribution in [0.3, 0.4) is 0 Å². The molecule has 0 aromatic heterocycles. The van der Waals surface area contributed by atoms with Gasteiger partial charge in [0.1, 0.15) is 0 Å². The highest BCUT2D eigenvalue weighted by atomic mass is 16.6. The summed E-state index contributed by atoms with van der Waals surface area (Å²) in [5, 5.41) is 8.57. The summed E-state index contributed by atoms with van der Waals surface area (Å²) in [4.78, 5) is 0. The van der Waals surface area contributed by atoms with E-state index in [-0.39, 0.29) is 0 Å². The molecule has 2 saturated heterocycles. The molecule has 2 rings (SSSR count). The molecule has 0 spiro atoms. The van der Waals surface area contributed by atoms with Gasteiger partial charge in [0.05, 0.1) is 25.9 Å². The Morgan fingerprint density at radius 1 is 0.850 bits per heavy atom. The number of hydrogen-bond acceptors (Lipinski definition) is 3. The van der Waals surface area contributed by atoms with Crippen molar-refractivity contribution >= 4 is 0 Å². The highest BCUT2D eigenvalue weighted by Gasteiger charge is 2.13. The maximum Gasteiger partial charge on any atom is 0.0781 e. The average Bonchev–Trinajstić information content (AvgIpc) is 3.31. The summed E-state index contributed by atoms with van der Waals surface area (Å²) in [5.41, 5.74) is 0. The summed E-state index contributed by atoms with van der Waals surface area (Å²) < 4.78 is 9.21. The molecule has 0 aromatic rings. The molecular weight excluding hydrogens is 252 g/mol. The number of epoxide rings is 2. The minimum atomic E-state index is 0.372. The molecule has 0 aromatic carbocycles. The van der Waals surface area contributed by atoms with E-state index in [1.54, 1.807) is 0 Å². The summed E-state index contributed by atoms with van der Waals surface area (Å²) in [5.74, 6) is 0. The van der Waals surface area contributed by atoms with Gasteiger partial charge in [0, 0.05) is 6.61 Å². The molecule has 3 heteroatoms. The van der Waals surface area contributed by atoms with Crippen LogP contribution in [0.15, 0.2) is 0 Å². The van der Waals surface area contributed by atoms with Crippen molar-refractivity contribution in [3.05, 3.63) is 0 Å². The molecule has 0 amide bonds. The largest absolute Gasteiger partial charge is 0.396 e. The molecule has 1 unspecified atom stereocenters. The number of aliphatic hydroxyl groups is 1. The Morgan fingerprint density at radius 2 is 1.20 bits per heavy atom. The van der Waals surface area contributed by atoms with Gasteiger partial charge >= 0.3 is 0 Å². The molecule has 2 aliphatic heterocycles. The topological polar surface area (TPSA) is 45.3 Å². The van der Waals surface area contributed by atoms with Crippen molar-refractivity contribution in [1.29, 1.82) is 0 Å². The zero-order valence-electron chi connectivity index (χ0n) is 13.7. The average molecular weight is 288 g/mol. The zero-order valence-corrected chi connectivity index (χ0v) is 13.7. The molecule has 1 N–H and O–H groups in total. The Kier molecular flexibility index (Phi) is 16.8. The van der Waals surface area contributed by atoms with Crippen LogP contribution in [0.2, 0.25) is 0 Å². The lowest BCUT2D eigenvalue weighted by Crippen LogP contribution is -1.84. The second-order valence-electron chi connectivity index (χ2n) is 5.66. The van der Waals surface area contributed by atoms with E-state index in [1.807, 2.05) is 0 Å². The van der Waals surface area contributed by atoms with Crippen LogP contribution in [-0.2, 0) is 9.47 Å². The number of rotatable bonds is 10. The first-order chi connectivity index (χ1) is 9.81. The Labute approximate surface area is 126 Å². The second-order valence-corrected chi connectivity index (χ2v) is 5.66. The van der Waals surface area contributed by atoms with Crippen LogP contribution < -0.4 is 0 Å². The molecule has 20 heavy (non-hydrogen) atoms. The van der Waals surface area contributed by atoms with E-state index >= 15 is 0 Å². The Hall–Kier alpha value is -0.120. The molecule has 0 saturated carbocycles. The van der Waals surface area contributed by atoms with Crippen LogP contribution in [0.25, 0.3) is 0 Å². The van der Waals surface area contributed by atoms with Crippen LogP contribution in [0.4, 0.5) is 0 Å². The third-order valence-electron chi connectivity index (χ3n) is 3.22. The molecule has 122 valence electrons. The molecule has 2 heterocycles. The van der Waals surface area contributed by atoms with Crippen LogP contribution in [-0.4, -0.2) is 37.6 Å². The van der Waals surface area contributed by atoms with Crippen molar-refractivity contribution in [2.24, 2.45) is 0 Å². The van der Waals surface area contributed by atoms with Gasteiger partial charge in [-0.2, -0.15) is 0 Å². The first-order valence-electron chi connectivity index (χ1n) is 8.61. The summed E-state index contributed by atoms with van der Waals surface area (Å²) in [6, 6.07) is 0. The van der Waals surface area contributed by atoms with E-state index in [9.17, 15) is 0 Å². The summed E-state index contributed by atoms with van der Waals surface area (Å²) >= 11 is 0. The van der Waals surface area contributed by atoms with Gasteiger partial charge in [-0.05, 0) is 13.3 Å². The predicted molar refractivity (Wildman–Crippen MR) is 85.2 cm³/mol. The van der Waals surface area contributed by atoms with Gasteiger partial charge in [-0.15, -0.1) is 0 Å². The smallest absolute Gasteiger partial charge is 0.0781 e. The lowest BCUT2D eigenvalue weighted by atomic mass is 10.1. The standard InChI is InChI=1S/C12H26O.C3H6O.C2H4O/c1-2-3-4-5-6-7-8-9-10-11-12-13;1-3-2-4-3;1-2-3-1/h13H,2-12H2,1H3;3H,2H2,1H3;1-2H2. The van der Waals surface area contributed by atoms with E-state index in [2.05, 4.69) is 18.6 Å². The summed E-state index contributed by atoms with van der Waals surface area (Å²) in [7, 11) is 0. The fourth-order valence-corrected chi connectivity index (χ4v) is 1.70. The minimum Gasteiger partial charge on any atom is -0.396 e. The Bertz CT molecular complexity index is 155. The van der Waals surface area contributed by atoms with Crippen LogP contribution in [0.1, 0.15) is 78.1 Å². The second kappa shape index (κ2) is 16.9. The van der Waals surface area contributed by atoms with Crippen LogP contribution >= 0.6 is 0 Å². The SMILES string of the molecule is C1CO1.CC1CO1.CCCCCCCCCCCCO. The fraction of sp³-hybridized carbons (Fsp3) is 1.00. The van der Waals surface area contributed by atoms with E-state index in [1.165, 1.54) is 57.8 Å². The molecule has 0 radical (unpaired) electrons. The van der Waals surface area contributed by atoms with Gasteiger partial charge < -0.3 is 14.6 Å². The number of hydrogen-bond donors (Lipinski definition) is 1. The van der Waals surface area contributed by atoms with E-state index in [4.69, 9.17) is 9.84 Å². The number of unbranched alkanes of at least 4 members (excludes halogenated alkanes) is 9. The fourth-order valence-electron chi connectivity index (χ4n) is 1.70. The van der Waals surface area contributed by atoms with Gasteiger partial charge in [-0.1, -0.05) is 64.7 Å². The quantitative estimate of drug-likeness (QED) is 0.481. The first-order valence-corrected chi connectivity index (χ1v) is 8.61. The highest BCUT2D eigenvalue weighted by molar-refractivity contribution is 4.58. The van der Waals surface area contributed by atoms with Gasteiger partial charge in [0.15, 0.2) is 0 Å². The van der Waals surface area contributed by atoms with Gasteiger partial charge in [0.25, 0.3) is 0 Å². The van der Waals surface area contributed by atoms with Crippen molar-refractivity contribution < 1.29 is 14.6 Å². The van der Waals surface area contributed by atoms with Crippen molar-refractivity contribution in [3.8, 4) is 0 Å². The van der Waals surface area contributed by atoms with Crippen LogP contribution in [0.5, 0.6) is 0 Å². The van der Waals surface area contributed by atoms with Crippen molar-refractivity contribution in [3.63, 3.8) is 0 Å². The molecular formula is C17H36O3. The van der Waals surface area contributed by atoms with Gasteiger partial charge in [0.2, 0.25) is 0 Å². The third-order valence-corrected chi connectivity index (χ3v) is 3.22. The monoisotopic (exact) mass is 288 g/mol. The third kappa shape index (κ3) is 26.4. The van der Waals surface area contributed by atoms with E-state index < -0.39 is 0 Å². The Morgan fingerprint density at radius 3 is 1.45 bits per heavy atom. The lowest BCUT2D eigenvalue weighted by Gasteiger charge is -2.00. The van der Waals surface area contributed by atoms with E-state index in [0.29, 0.717) is 12.7 Å². The molecule has 1 atom stereocenters. The molecule has 0 bridgehead atoms. The molecule has 3 nitrogen and oxygen atoms in total. The maximum absolute atomic E-state index is 8.57. The highest BCUT2D eigenvalue weighted by Crippen LogP contribution is 2.10. The van der Waals surface area contributed by atoms with E-state index in [0.717, 1.165) is 26.2 Å². The normalized spacial score (nSPS) is 18.4. The number of aliphatic hydroxyl groups excluding tert-OH is 1. The summed E-state index contributed by atoms with van der Waals surface area (Å²) in [6.07, 6.45) is 13.9. The first kappa shape index (κ1) is 19.9. The van der Waals surface area contributed by atoms with Crippen molar-refractivity contribution in [1.82, 2.24) is 0 Å². The van der Waals surface area contributed by atoms with Crippen molar-refractivity contribution in [2.45, 2.75) is 84.2 Å². The minimum absolute atomic E-state index is 0.372. The zero-order chi connectivity index (χ0) is 14.9. The molecule has 2 aliphatic rings. The molecule has 0 aliphatic carbocycles. The van der Waals surface area contributed by atoms with Crippen molar-refractivity contribution in [2.75, 3.05) is 26.4 Å². The number of ether oxygens (including phenoxy) is 2. The lowest BCUT2D eigenvalue weighted by molar-refractivity contribution is 0.282. The predicted octanol–water partition coefficient (Wildman–Crippen LogP) is 4.32. The van der Waals surface area contributed by atoms with Crippen LogP contribution in [0, 0.1) is 0 Å². The Balaban J connectivity index is 0.000000407. The van der Waals surface area contributed by atoms with Gasteiger partial charge in [-0.3, -0.25) is 0 Å².